The van der Waals surface area contributed by atoms with Gasteiger partial charge in [-0.1, -0.05) is 0 Å². The van der Waals surface area contributed by atoms with E-state index in [9.17, 15) is 14.4 Å². The average molecular weight is 443 g/mol. The van der Waals surface area contributed by atoms with Crippen molar-refractivity contribution in [3.63, 3.8) is 0 Å². The van der Waals surface area contributed by atoms with Crippen LogP contribution >= 0.6 is 0 Å². The van der Waals surface area contributed by atoms with E-state index in [-0.39, 0.29) is 26.2 Å². The molecular formula is C15H33N3O6Zr. The van der Waals surface area contributed by atoms with Gasteiger partial charge in [0.1, 0.15) is 0 Å². The minimum absolute atomic E-state index is 0. The number of nitrogens with zero attached hydrogens (tertiary/aromatic N) is 3. The summed E-state index contributed by atoms with van der Waals surface area (Å²) >= 11 is 0. The summed E-state index contributed by atoms with van der Waals surface area (Å²) < 4.78 is 0. The standard InChI is InChI=1S/3C5H11NO2.Zr/c3*1-3-6(4-2)5(7)8;/h3*3-4H2,1-2H3,(H,7,8);. The number of hydrogen-bond donors (Lipinski definition) is 3. The Morgan fingerprint density at radius 3 is 0.640 bits per heavy atom. The summed E-state index contributed by atoms with van der Waals surface area (Å²) in [7, 11) is 0. The van der Waals surface area contributed by atoms with Gasteiger partial charge in [0, 0.05) is 65.5 Å². The van der Waals surface area contributed by atoms with Crippen LogP contribution in [0.15, 0.2) is 0 Å². The first-order valence-electron chi connectivity index (χ1n) is 8.09. The number of amides is 3. The van der Waals surface area contributed by atoms with Gasteiger partial charge in [-0.2, -0.15) is 0 Å². The van der Waals surface area contributed by atoms with E-state index >= 15 is 0 Å². The summed E-state index contributed by atoms with van der Waals surface area (Å²) in [5, 5.41) is 24.9. The predicted octanol–water partition coefficient (Wildman–Crippen LogP) is 3.02. The maximum Gasteiger partial charge on any atom is 0.407 e. The molecule has 3 N–H and O–H groups in total. The van der Waals surface area contributed by atoms with Crippen LogP contribution in [0, 0.1) is 0 Å². The van der Waals surface area contributed by atoms with E-state index in [4.69, 9.17) is 15.3 Å². The van der Waals surface area contributed by atoms with Crippen molar-refractivity contribution < 1.29 is 55.9 Å². The Hall–Kier alpha value is -1.31. The maximum atomic E-state index is 10.1. The van der Waals surface area contributed by atoms with Crippen LogP contribution in [0.5, 0.6) is 0 Å². The Morgan fingerprint density at radius 1 is 0.520 bits per heavy atom. The minimum atomic E-state index is -0.838. The van der Waals surface area contributed by atoms with Gasteiger partial charge in [-0.25, -0.2) is 14.4 Å². The topological polar surface area (TPSA) is 122 Å². The van der Waals surface area contributed by atoms with Crippen LogP contribution in [-0.2, 0) is 26.2 Å². The van der Waals surface area contributed by atoms with Gasteiger partial charge in [-0.3, -0.25) is 0 Å². The second-order valence-electron chi connectivity index (χ2n) is 4.36. The Morgan fingerprint density at radius 2 is 0.640 bits per heavy atom. The van der Waals surface area contributed by atoms with E-state index in [2.05, 4.69) is 0 Å². The van der Waals surface area contributed by atoms with E-state index in [1.807, 2.05) is 41.5 Å². The Bertz CT molecular complexity index is 294. The maximum absolute atomic E-state index is 10.1. The summed E-state index contributed by atoms with van der Waals surface area (Å²) in [6.07, 6.45) is -2.51. The molecule has 0 aromatic rings. The molecule has 25 heavy (non-hydrogen) atoms. The first kappa shape index (κ1) is 31.5. The van der Waals surface area contributed by atoms with Crippen LogP contribution in [-0.4, -0.2) is 87.6 Å². The Kier molecular flexibility index (Phi) is 26.1. The molecule has 0 rings (SSSR count). The molecule has 0 spiro atoms. The van der Waals surface area contributed by atoms with Crippen molar-refractivity contribution in [1.82, 2.24) is 14.7 Å². The zero-order chi connectivity index (χ0) is 19.7. The van der Waals surface area contributed by atoms with Crippen LogP contribution < -0.4 is 0 Å². The Balaban J connectivity index is -0.000000130. The van der Waals surface area contributed by atoms with Crippen molar-refractivity contribution in [2.24, 2.45) is 0 Å². The third kappa shape index (κ3) is 18.9. The first-order chi connectivity index (χ1) is 11.2. The summed E-state index contributed by atoms with van der Waals surface area (Å²) in [5.74, 6) is 0. The van der Waals surface area contributed by atoms with Crippen LogP contribution in [0.4, 0.5) is 14.4 Å². The van der Waals surface area contributed by atoms with Crippen LogP contribution in [0.3, 0.4) is 0 Å². The largest absolute Gasteiger partial charge is 0.465 e. The van der Waals surface area contributed by atoms with Gasteiger partial charge in [-0.15, -0.1) is 0 Å². The molecule has 10 heteroatoms. The first-order valence-corrected chi connectivity index (χ1v) is 8.09. The molecule has 0 aliphatic rings. The zero-order valence-electron chi connectivity index (χ0n) is 16.2. The van der Waals surface area contributed by atoms with Gasteiger partial charge in [0.2, 0.25) is 0 Å². The van der Waals surface area contributed by atoms with Gasteiger partial charge in [0.05, 0.1) is 0 Å². The van der Waals surface area contributed by atoms with Crippen LogP contribution in [0.1, 0.15) is 41.5 Å². The van der Waals surface area contributed by atoms with E-state index in [0.29, 0.717) is 39.3 Å². The molecule has 0 heterocycles. The molecule has 0 atom stereocenters. The molecule has 0 aliphatic carbocycles. The van der Waals surface area contributed by atoms with Gasteiger partial charge in [0.15, 0.2) is 0 Å². The zero-order valence-corrected chi connectivity index (χ0v) is 18.6. The summed E-state index contributed by atoms with van der Waals surface area (Å²) in [4.78, 5) is 34.3. The normalized spacial score (nSPS) is 8.40. The molecule has 0 aliphatic heterocycles. The predicted molar refractivity (Wildman–Crippen MR) is 92.8 cm³/mol. The molecule has 0 fully saturated rings. The van der Waals surface area contributed by atoms with Crippen LogP contribution in [0.25, 0.3) is 0 Å². The smallest absolute Gasteiger partial charge is 0.407 e. The molecule has 9 nitrogen and oxygen atoms in total. The van der Waals surface area contributed by atoms with Gasteiger partial charge in [-0.05, 0) is 41.5 Å². The molecule has 148 valence electrons. The average Bonchev–Trinajstić information content (AvgIpc) is 2.51. The summed E-state index contributed by atoms with van der Waals surface area (Å²) in [6, 6.07) is 0. The van der Waals surface area contributed by atoms with Crippen LogP contribution in [0.2, 0.25) is 0 Å². The van der Waals surface area contributed by atoms with Gasteiger partial charge < -0.3 is 30.0 Å². The molecule has 0 radical (unpaired) electrons. The molecule has 0 saturated carbocycles. The number of hydrogen-bond acceptors (Lipinski definition) is 3. The molecule has 0 aromatic carbocycles. The van der Waals surface area contributed by atoms with E-state index in [0.717, 1.165) is 0 Å². The number of carbonyl (C=O) groups is 3. The summed E-state index contributed by atoms with van der Waals surface area (Å²) in [6.45, 7) is 14.4. The van der Waals surface area contributed by atoms with Gasteiger partial charge in [0.25, 0.3) is 0 Å². The molecular weight excluding hydrogens is 409 g/mol. The summed E-state index contributed by atoms with van der Waals surface area (Å²) in [5.41, 5.74) is 0. The number of carboxylic acid groups (broad SMARTS) is 3. The molecule has 0 aromatic heterocycles. The fourth-order valence-corrected chi connectivity index (χ4v) is 1.48. The third-order valence-corrected chi connectivity index (χ3v) is 3.10. The van der Waals surface area contributed by atoms with E-state index < -0.39 is 18.3 Å². The SMILES string of the molecule is CCN(CC)C(=O)O.CCN(CC)C(=O)O.CCN(CC)C(=O)O.[Zr]. The van der Waals surface area contributed by atoms with Crippen molar-refractivity contribution in [3.8, 4) is 0 Å². The molecule has 0 saturated heterocycles. The van der Waals surface area contributed by atoms with Crippen molar-refractivity contribution in [1.29, 1.82) is 0 Å². The van der Waals surface area contributed by atoms with Crippen molar-refractivity contribution in [2.45, 2.75) is 41.5 Å². The quantitative estimate of drug-likeness (QED) is 0.581. The molecule has 3 amide bonds. The van der Waals surface area contributed by atoms with Gasteiger partial charge >= 0.3 is 18.3 Å². The second kappa shape index (κ2) is 20.7. The second-order valence-corrected chi connectivity index (χ2v) is 4.36. The number of rotatable bonds is 6. The van der Waals surface area contributed by atoms with Crippen molar-refractivity contribution >= 4 is 18.3 Å². The molecule has 0 bridgehead atoms. The fraction of sp³-hybridized carbons (Fsp3) is 0.800. The Labute approximate surface area is 169 Å². The third-order valence-electron chi connectivity index (χ3n) is 3.10. The van der Waals surface area contributed by atoms with E-state index in [1.165, 1.54) is 14.7 Å². The van der Waals surface area contributed by atoms with Crippen molar-refractivity contribution in [3.05, 3.63) is 0 Å². The fourth-order valence-electron chi connectivity index (χ4n) is 1.48. The molecule has 0 unspecified atom stereocenters. The minimum Gasteiger partial charge on any atom is -0.465 e. The van der Waals surface area contributed by atoms with E-state index in [1.54, 1.807) is 0 Å². The monoisotopic (exact) mass is 441 g/mol. The van der Waals surface area contributed by atoms with Crippen molar-refractivity contribution in [2.75, 3.05) is 39.3 Å².